The molecule has 2 aromatic carbocycles. The molecule has 0 spiro atoms. The van der Waals surface area contributed by atoms with Crippen molar-refractivity contribution in [2.75, 3.05) is 7.11 Å². The van der Waals surface area contributed by atoms with Crippen LogP contribution < -0.4 is 16.0 Å². The van der Waals surface area contributed by atoms with E-state index >= 15 is 0 Å². The van der Waals surface area contributed by atoms with Gasteiger partial charge in [-0.3, -0.25) is 11.3 Å². The van der Waals surface area contributed by atoms with Crippen LogP contribution in [0, 0.1) is 0 Å². The van der Waals surface area contributed by atoms with Crippen LogP contribution in [0.25, 0.3) is 0 Å². The predicted molar refractivity (Wildman–Crippen MR) is 85.2 cm³/mol. The SMILES string of the molecule is COc1ccc(C(Cc2ccc3c(c2)CCC3)NN)cc1. The highest BCUT2D eigenvalue weighted by molar-refractivity contribution is 5.36. The van der Waals surface area contributed by atoms with E-state index in [1.54, 1.807) is 7.11 Å². The van der Waals surface area contributed by atoms with Gasteiger partial charge in [0.2, 0.25) is 0 Å². The molecule has 0 aromatic heterocycles. The zero-order valence-electron chi connectivity index (χ0n) is 12.4. The lowest BCUT2D eigenvalue weighted by atomic mass is 9.97. The van der Waals surface area contributed by atoms with Gasteiger partial charge in [0.15, 0.2) is 0 Å². The summed E-state index contributed by atoms with van der Waals surface area (Å²) in [6.45, 7) is 0. The fraction of sp³-hybridized carbons (Fsp3) is 0.333. The molecule has 3 N–H and O–H groups in total. The third-order valence-electron chi connectivity index (χ3n) is 4.32. The molecule has 0 fully saturated rings. The summed E-state index contributed by atoms with van der Waals surface area (Å²) < 4.78 is 5.20. The number of aryl methyl sites for hydroxylation is 2. The van der Waals surface area contributed by atoms with Gasteiger partial charge in [-0.25, -0.2) is 0 Å². The number of ether oxygens (including phenoxy) is 1. The van der Waals surface area contributed by atoms with E-state index in [1.165, 1.54) is 41.5 Å². The van der Waals surface area contributed by atoms with Gasteiger partial charge in [0.1, 0.15) is 5.75 Å². The number of methoxy groups -OCH3 is 1. The third kappa shape index (κ3) is 3.09. The monoisotopic (exact) mass is 282 g/mol. The maximum Gasteiger partial charge on any atom is 0.118 e. The molecule has 3 heteroatoms. The number of nitrogens with two attached hydrogens (primary N) is 1. The Hall–Kier alpha value is -1.84. The highest BCUT2D eigenvalue weighted by Gasteiger charge is 2.14. The number of hydrogen-bond donors (Lipinski definition) is 2. The summed E-state index contributed by atoms with van der Waals surface area (Å²) in [4.78, 5) is 0. The summed E-state index contributed by atoms with van der Waals surface area (Å²) in [5.41, 5.74) is 8.48. The van der Waals surface area contributed by atoms with E-state index in [4.69, 9.17) is 10.6 Å². The molecule has 1 aliphatic rings. The molecule has 0 bridgehead atoms. The van der Waals surface area contributed by atoms with Crippen molar-refractivity contribution in [3.63, 3.8) is 0 Å². The predicted octanol–water partition coefficient (Wildman–Crippen LogP) is 2.93. The number of rotatable bonds is 5. The van der Waals surface area contributed by atoms with E-state index in [0.29, 0.717) is 0 Å². The molecule has 0 radical (unpaired) electrons. The van der Waals surface area contributed by atoms with Crippen molar-refractivity contribution in [3.8, 4) is 5.75 Å². The van der Waals surface area contributed by atoms with Crippen LogP contribution in [-0.4, -0.2) is 7.11 Å². The Morgan fingerprint density at radius 1 is 1.10 bits per heavy atom. The average Bonchev–Trinajstić information content (AvgIpc) is 3.00. The van der Waals surface area contributed by atoms with Gasteiger partial charge >= 0.3 is 0 Å². The van der Waals surface area contributed by atoms with Crippen molar-refractivity contribution in [1.82, 2.24) is 5.43 Å². The number of hydrazine groups is 1. The molecule has 0 saturated carbocycles. The first-order valence-corrected chi connectivity index (χ1v) is 7.51. The van der Waals surface area contributed by atoms with Crippen LogP contribution in [0.3, 0.4) is 0 Å². The highest BCUT2D eigenvalue weighted by atomic mass is 16.5. The van der Waals surface area contributed by atoms with Gasteiger partial charge in [0, 0.05) is 6.04 Å². The number of benzene rings is 2. The zero-order chi connectivity index (χ0) is 14.7. The summed E-state index contributed by atoms with van der Waals surface area (Å²) >= 11 is 0. The molecule has 1 unspecified atom stereocenters. The van der Waals surface area contributed by atoms with Gasteiger partial charge in [0.05, 0.1) is 7.11 Å². The van der Waals surface area contributed by atoms with Crippen LogP contribution >= 0.6 is 0 Å². The molecule has 0 heterocycles. The van der Waals surface area contributed by atoms with Gasteiger partial charge < -0.3 is 4.74 Å². The summed E-state index contributed by atoms with van der Waals surface area (Å²) in [6, 6.07) is 15.1. The summed E-state index contributed by atoms with van der Waals surface area (Å²) in [6.07, 6.45) is 4.63. The smallest absolute Gasteiger partial charge is 0.118 e. The molecule has 1 aliphatic carbocycles. The second-order valence-electron chi connectivity index (χ2n) is 5.65. The quantitative estimate of drug-likeness (QED) is 0.655. The molecule has 21 heavy (non-hydrogen) atoms. The van der Waals surface area contributed by atoms with Crippen LogP contribution in [0.4, 0.5) is 0 Å². The van der Waals surface area contributed by atoms with E-state index in [2.05, 4.69) is 35.8 Å². The molecule has 1 atom stereocenters. The molecule has 0 saturated heterocycles. The van der Waals surface area contributed by atoms with Crippen LogP contribution in [-0.2, 0) is 19.3 Å². The zero-order valence-corrected chi connectivity index (χ0v) is 12.4. The third-order valence-corrected chi connectivity index (χ3v) is 4.32. The van der Waals surface area contributed by atoms with Crippen LogP contribution in [0.15, 0.2) is 42.5 Å². The Labute approximate surface area is 126 Å². The first kappa shape index (κ1) is 14.1. The fourth-order valence-electron chi connectivity index (χ4n) is 3.10. The van der Waals surface area contributed by atoms with Crippen molar-refractivity contribution in [2.45, 2.75) is 31.7 Å². The first-order chi connectivity index (χ1) is 10.3. The summed E-state index contributed by atoms with van der Waals surface area (Å²) in [7, 11) is 1.68. The van der Waals surface area contributed by atoms with Gasteiger partial charge in [-0.05, 0) is 60.1 Å². The van der Waals surface area contributed by atoms with Gasteiger partial charge in [-0.2, -0.15) is 0 Å². The maximum absolute atomic E-state index is 5.75. The van der Waals surface area contributed by atoms with E-state index in [0.717, 1.165) is 12.2 Å². The van der Waals surface area contributed by atoms with E-state index in [1.807, 2.05) is 12.1 Å². The lowest BCUT2D eigenvalue weighted by Gasteiger charge is -2.17. The molecule has 3 nitrogen and oxygen atoms in total. The minimum Gasteiger partial charge on any atom is -0.497 e. The van der Waals surface area contributed by atoms with Gasteiger partial charge in [0.25, 0.3) is 0 Å². The van der Waals surface area contributed by atoms with Gasteiger partial charge in [-0.1, -0.05) is 30.3 Å². The second kappa shape index (κ2) is 6.29. The average molecular weight is 282 g/mol. The Morgan fingerprint density at radius 3 is 2.57 bits per heavy atom. The fourth-order valence-corrected chi connectivity index (χ4v) is 3.10. The van der Waals surface area contributed by atoms with Crippen molar-refractivity contribution in [2.24, 2.45) is 5.84 Å². The largest absolute Gasteiger partial charge is 0.497 e. The normalized spacial score (nSPS) is 14.8. The summed E-state index contributed by atoms with van der Waals surface area (Å²) in [5, 5.41) is 0. The van der Waals surface area contributed by atoms with E-state index in [-0.39, 0.29) is 6.04 Å². The molecular formula is C18H22N2O. The highest BCUT2D eigenvalue weighted by Crippen LogP contribution is 2.26. The maximum atomic E-state index is 5.75. The lowest BCUT2D eigenvalue weighted by Crippen LogP contribution is -2.29. The topological polar surface area (TPSA) is 47.3 Å². The van der Waals surface area contributed by atoms with E-state index < -0.39 is 0 Å². The van der Waals surface area contributed by atoms with Crippen LogP contribution in [0.2, 0.25) is 0 Å². The van der Waals surface area contributed by atoms with E-state index in [9.17, 15) is 0 Å². The lowest BCUT2D eigenvalue weighted by molar-refractivity contribution is 0.414. The minimum atomic E-state index is 0.121. The van der Waals surface area contributed by atoms with Crippen molar-refractivity contribution < 1.29 is 4.74 Å². The molecule has 2 aromatic rings. The number of hydrogen-bond acceptors (Lipinski definition) is 3. The second-order valence-corrected chi connectivity index (χ2v) is 5.65. The Balaban J connectivity index is 1.77. The number of nitrogens with one attached hydrogen (secondary N) is 1. The Morgan fingerprint density at radius 2 is 1.86 bits per heavy atom. The number of fused-ring (bicyclic) bond motifs is 1. The van der Waals surface area contributed by atoms with Crippen molar-refractivity contribution in [1.29, 1.82) is 0 Å². The van der Waals surface area contributed by atoms with Crippen molar-refractivity contribution >= 4 is 0 Å². The van der Waals surface area contributed by atoms with Crippen LogP contribution in [0.1, 0.15) is 34.7 Å². The Bertz CT molecular complexity index is 607. The minimum absolute atomic E-state index is 0.121. The van der Waals surface area contributed by atoms with Crippen molar-refractivity contribution in [3.05, 3.63) is 64.7 Å². The molecular weight excluding hydrogens is 260 g/mol. The molecule has 0 amide bonds. The standard InChI is InChI=1S/C18H22N2O/c1-21-17-9-7-15(8-10-17)18(20-19)12-13-5-6-14-3-2-4-16(14)11-13/h5-11,18,20H,2-4,12,19H2,1H3. The van der Waals surface area contributed by atoms with Crippen LogP contribution in [0.5, 0.6) is 5.75 Å². The molecule has 110 valence electrons. The Kier molecular flexibility index (Phi) is 4.23. The first-order valence-electron chi connectivity index (χ1n) is 7.51. The molecule has 3 rings (SSSR count). The summed E-state index contributed by atoms with van der Waals surface area (Å²) in [5.74, 6) is 6.62. The molecule has 0 aliphatic heterocycles. The van der Waals surface area contributed by atoms with Gasteiger partial charge in [-0.15, -0.1) is 0 Å².